The Bertz CT molecular complexity index is 485. The molecule has 1 aromatic carbocycles. The first-order chi connectivity index (χ1) is 7.75. The van der Waals surface area contributed by atoms with Gasteiger partial charge in [-0.25, -0.2) is 14.8 Å². The summed E-state index contributed by atoms with van der Waals surface area (Å²) in [5.41, 5.74) is 0.303. The van der Waals surface area contributed by atoms with Gasteiger partial charge in [0.05, 0.1) is 5.56 Å². The summed E-state index contributed by atoms with van der Waals surface area (Å²) in [6.07, 6.45) is 4.13. The van der Waals surface area contributed by atoms with Crippen LogP contribution in [0.4, 0.5) is 0 Å². The quantitative estimate of drug-likeness (QED) is 0.591. The van der Waals surface area contributed by atoms with E-state index in [1.54, 1.807) is 24.3 Å². The van der Waals surface area contributed by atoms with Crippen molar-refractivity contribution in [2.24, 2.45) is 0 Å². The summed E-state index contributed by atoms with van der Waals surface area (Å²) in [6.45, 7) is 0. The van der Waals surface area contributed by atoms with Crippen LogP contribution in [0.2, 0.25) is 5.02 Å². The SMILES string of the molecule is O=C(Oc1ccc(Cl)cc1)c1cncnc1. The van der Waals surface area contributed by atoms with E-state index in [-0.39, 0.29) is 0 Å². The van der Waals surface area contributed by atoms with Gasteiger partial charge in [-0.05, 0) is 24.3 Å². The molecule has 80 valence electrons. The highest BCUT2D eigenvalue weighted by molar-refractivity contribution is 6.30. The van der Waals surface area contributed by atoms with Crippen molar-refractivity contribution in [2.75, 3.05) is 0 Å². The molecule has 0 radical (unpaired) electrons. The van der Waals surface area contributed by atoms with Crippen LogP contribution in [0.5, 0.6) is 5.75 Å². The van der Waals surface area contributed by atoms with Gasteiger partial charge in [-0.1, -0.05) is 11.6 Å². The largest absolute Gasteiger partial charge is 0.423 e. The lowest BCUT2D eigenvalue weighted by Crippen LogP contribution is -2.08. The van der Waals surface area contributed by atoms with Gasteiger partial charge in [-0.2, -0.15) is 0 Å². The lowest BCUT2D eigenvalue weighted by atomic mass is 10.3. The molecule has 5 heteroatoms. The fraction of sp³-hybridized carbons (Fsp3) is 0. The van der Waals surface area contributed by atoms with E-state index < -0.39 is 5.97 Å². The molecule has 0 aliphatic rings. The normalized spacial score (nSPS) is 9.81. The maximum atomic E-state index is 11.6. The van der Waals surface area contributed by atoms with Crippen molar-refractivity contribution in [1.82, 2.24) is 9.97 Å². The van der Waals surface area contributed by atoms with Gasteiger partial charge in [0.25, 0.3) is 0 Å². The first-order valence-electron chi connectivity index (χ1n) is 4.48. The molecule has 0 atom stereocenters. The van der Waals surface area contributed by atoms with E-state index >= 15 is 0 Å². The van der Waals surface area contributed by atoms with Crippen LogP contribution in [-0.2, 0) is 0 Å². The van der Waals surface area contributed by atoms with Crippen LogP contribution in [0.15, 0.2) is 43.0 Å². The highest BCUT2D eigenvalue weighted by Crippen LogP contribution is 2.16. The number of carbonyl (C=O) groups excluding carboxylic acids is 1. The predicted octanol–water partition coefficient (Wildman–Crippen LogP) is 2.35. The third-order valence-corrected chi connectivity index (χ3v) is 2.07. The number of ether oxygens (including phenoxy) is 1. The van der Waals surface area contributed by atoms with Crippen LogP contribution < -0.4 is 4.74 Å². The van der Waals surface area contributed by atoms with Gasteiger partial charge >= 0.3 is 5.97 Å². The molecule has 0 amide bonds. The number of aromatic nitrogens is 2. The van der Waals surface area contributed by atoms with Crippen LogP contribution in [0.3, 0.4) is 0 Å². The van der Waals surface area contributed by atoms with E-state index in [0.29, 0.717) is 16.3 Å². The standard InChI is InChI=1S/C11H7ClN2O2/c12-9-1-3-10(4-2-9)16-11(15)8-5-13-7-14-6-8/h1-7H. The Morgan fingerprint density at radius 2 is 1.75 bits per heavy atom. The Hall–Kier alpha value is -1.94. The Labute approximate surface area is 96.9 Å². The van der Waals surface area contributed by atoms with E-state index in [2.05, 4.69) is 9.97 Å². The van der Waals surface area contributed by atoms with Gasteiger partial charge in [-0.15, -0.1) is 0 Å². The Morgan fingerprint density at radius 1 is 1.12 bits per heavy atom. The van der Waals surface area contributed by atoms with Crippen molar-refractivity contribution in [3.8, 4) is 5.75 Å². The van der Waals surface area contributed by atoms with Crippen LogP contribution >= 0.6 is 11.6 Å². The molecule has 4 nitrogen and oxygen atoms in total. The fourth-order valence-electron chi connectivity index (χ4n) is 1.07. The number of nitrogens with zero attached hydrogens (tertiary/aromatic N) is 2. The Balaban J connectivity index is 2.11. The zero-order valence-corrected chi connectivity index (χ0v) is 8.89. The minimum Gasteiger partial charge on any atom is -0.423 e. The minimum atomic E-state index is -0.497. The summed E-state index contributed by atoms with van der Waals surface area (Å²) in [7, 11) is 0. The molecule has 0 spiro atoms. The molecule has 1 aromatic heterocycles. The number of benzene rings is 1. The molecule has 0 aliphatic carbocycles. The number of halogens is 1. The fourth-order valence-corrected chi connectivity index (χ4v) is 1.20. The molecule has 1 heterocycles. The molecular formula is C11H7ClN2O2. The molecule has 2 aromatic rings. The van der Waals surface area contributed by atoms with Gasteiger partial charge in [0.1, 0.15) is 12.1 Å². The number of esters is 1. The van der Waals surface area contributed by atoms with E-state index in [4.69, 9.17) is 16.3 Å². The highest BCUT2D eigenvalue weighted by Gasteiger charge is 2.08. The molecule has 0 saturated carbocycles. The van der Waals surface area contributed by atoms with E-state index in [1.807, 2.05) is 0 Å². The molecule has 0 bridgehead atoms. The summed E-state index contributed by atoms with van der Waals surface area (Å²) in [6, 6.07) is 6.52. The summed E-state index contributed by atoms with van der Waals surface area (Å²) < 4.78 is 5.08. The lowest BCUT2D eigenvalue weighted by molar-refractivity contribution is 0.0734. The van der Waals surface area contributed by atoms with Crippen LogP contribution in [0.1, 0.15) is 10.4 Å². The topological polar surface area (TPSA) is 52.1 Å². The minimum absolute atomic E-state index is 0.303. The van der Waals surface area contributed by atoms with Crippen molar-refractivity contribution in [3.63, 3.8) is 0 Å². The van der Waals surface area contributed by atoms with Gasteiger partial charge in [0, 0.05) is 17.4 Å². The van der Waals surface area contributed by atoms with Crippen molar-refractivity contribution in [3.05, 3.63) is 53.6 Å². The number of hydrogen-bond donors (Lipinski definition) is 0. The Morgan fingerprint density at radius 3 is 2.38 bits per heavy atom. The van der Waals surface area contributed by atoms with Crippen molar-refractivity contribution < 1.29 is 9.53 Å². The van der Waals surface area contributed by atoms with Crippen LogP contribution in [-0.4, -0.2) is 15.9 Å². The van der Waals surface area contributed by atoms with Gasteiger partial charge < -0.3 is 4.74 Å². The van der Waals surface area contributed by atoms with Gasteiger partial charge in [-0.3, -0.25) is 0 Å². The third kappa shape index (κ3) is 2.55. The van der Waals surface area contributed by atoms with E-state index in [9.17, 15) is 4.79 Å². The van der Waals surface area contributed by atoms with Crippen molar-refractivity contribution in [2.45, 2.75) is 0 Å². The second kappa shape index (κ2) is 4.72. The smallest absolute Gasteiger partial charge is 0.346 e. The number of hydrogen-bond acceptors (Lipinski definition) is 4. The second-order valence-electron chi connectivity index (χ2n) is 2.97. The zero-order chi connectivity index (χ0) is 11.4. The molecule has 0 fully saturated rings. The van der Waals surface area contributed by atoms with Gasteiger partial charge in [0.15, 0.2) is 0 Å². The van der Waals surface area contributed by atoms with Gasteiger partial charge in [0.2, 0.25) is 0 Å². The second-order valence-corrected chi connectivity index (χ2v) is 3.41. The maximum Gasteiger partial charge on any atom is 0.346 e. The first kappa shape index (κ1) is 10.6. The average Bonchev–Trinajstić information content (AvgIpc) is 2.33. The summed E-state index contributed by atoms with van der Waals surface area (Å²) in [4.78, 5) is 19.0. The van der Waals surface area contributed by atoms with Crippen molar-refractivity contribution >= 4 is 17.6 Å². The van der Waals surface area contributed by atoms with Crippen molar-refractivity contribution in [1.29, 1.82) is 0 Å². The first-order valence-corrected chi connectivity index (χ1v) is 4.86. The summed E-state index contributed by atoms with van der Waals surface area (Å²) >= 11 is 5.70. The third-order valence-electron chi connectivity index (χ3n) is 1.82. The molecule has 0 saturated heterocycles. The molecule has 2 rings (SSSR count). The van der Waals surface area contributed by atoms with Crippen LogP contribution in [0, 0.1) is 0 Å². The molecular weight excluding hydrogens is 228 g/mol. The molecule has 16 heavy (non-hydrogen) atoms. The highest BCUT2D eigenvalue weighted by atomic mass is 35.5. The maximum absolute atomic E-state index is 11.6. The monoisotopic (exact) mass is 234 g/mol. The lowest BCUT2D eigenvalue weighted by Gasteiger charge is -2.03. The van der Waals surface area contributed by atoms with E-state index in [0.717, 1.165) is 0 Å². The number of rotatable bonds is 2. The molecule has 0 aliphatic heterocycles. The number of carbonyl (C=O) groups is 1. The summed E-state index contributed by atoms with van der Waals surface area (Å²) in [5, 5.41) is 0.586. The zero-order valence-electron chi connectivity index (χ0n) is 8.13. The molecule has 0 N–H and O–H groups in total. The molecule has 0 unspecified atom stereocenters. The average molecular weight is 235 g/mol. The predicted molar refractivity (Wildman–Crippen MR) is 58.4 cm³/mol. The Kier molecular flexibility index (Phi) is 3.12. The van der Waals surface area contributed by atoms with E-state index in [1.165, 1.54) is 18.7 Å². The summed E-state index contributed by atoms with van der Waals surface area (Å²) in [5.74, 6) is -0.0684. The van der Waals surface area contributed by atoms with Crippen LogP contribution in [0.25, 0.3) is 0 Å².